The van der Waals surface area contributed by atoms with Crippen molar-refractivity contribution in [2.75, 3.05) is 24.1 Å². The average molecular weight is 235 g/mol. The summed E-state index contributed by atoms with van der Waals surface area (Å²) in [4.78, 5) is 11.5. The highest BCUT2D eigenvalue weighted by Crippen LogP contribution is 2.21. The smallest absolute Gasteiger partial charge is 0.239 e. The molecule has 0 unspecified atom stereocenters. The predicted molar refractivity (Wildman–Crippen MR) is 71.9 cm³/mol. The van der Waals surface area contributed by atoms with Crippen LogP contribution in [0, 0.1) is 12.8 Å². The molecule has 0 fully saturated rings. The molecule has 17 heavy (non-hydrogen) atoms. The highest BCUT2D eigenvalue weighted by Gasteiger charge is 2.05. The van der Waals surface area contributed by atoms with Gasteiger partial charge in [0.1, 0.15) is 0 Å². The van der Waals surface area contributed by atoms with E-state index in [0.717, 1.165) is 11.3 Å². The van der Waals surface area contributed by atoms with Gasteiger partial charge in [-0.3, -0.25) is 4.79 Å². The van der Waals surface area contributed by atoms with E-state index in [1.54, 1.807) is 0 Å². The molecule has 0 bridgehead atoms. The van der Waals surface area contributed by atoms with E-state index in [1.807, 2.05) is 25.1 Å². The Morgan fingerprint density at radius 1 is 1.41 bits per heavy atom. The molecule has 0 atom stereocenters. The quantitative estimate of drug-likeness (QED) is 0.681. The standard InChI is InChI=1S/C13H21N3O/c1-9(2)7-15-12(17)8-16-13-10(3)5-4-6-11(13)14/h4-6,9,16H,7-8,14H2,1-3H3,(H,15,17). The van der Waals surface area contributed by atoms with Gasteiger partial charge in [-0.15, -0.1) is 0 Å². The third-order valence-corrected chi connectivity index (χ3v) is 2.44. The number of aryl methyl sites for hydroxylation is 1. The molecular weight excluding hydrogens is 214 g/mol. The molecule has 0 radical (unpaired) electrons. The van der Waals surface area contributed by atoms with Crippen LogP contribution in [-0.2, 0) is 4.79 Å². The number of carbonyl (C=O) groups is 1. The van der Waals surface area contributed by atoms with E-state index in [2.05, 4.69) is 24.5 Å². The van der Waals surface area contributed by atoms with Gasteiger partial charge in [-0.25, -0.2) is 0 Å². The molecule has 0 aromatic heterocycles. The maximum absolute atomic E-state index is 11.5. The first-order valence-corrected chi connectivity index (χ1v) is 5.86. The highest BCUT2D eigenvalue weighted by atomic mass is 16.1. The molecule has 0 aliphatic heterocycles. The van der Waals surface area contributed by atoms with Crippen LogP contribution in [0.25, 0.3) is 0 Å². The predicted octanol–water partition coefficient (Wildman–Crippen LogP) is 1.76. The Kier molecular flexibility index (Phi) is 4.82. The second-order valence-electron chi connectivity index (χ2n) is 4.59. The Bertz CT molecular complexity index is 368. The summed E-state index contributed by atoms with van der Waals surface area (Å²) in [7, 11) is 0. The van der Waals surface area contributed by atoms with Crippen LogP contribution in [-0.4, -0.2) is 19.0 Å². The Balaban J connectivity index is 2.47. The Morgan fingerprint density at radius 2 is 2.12 bits per heavy atom. The van der Waals surface area contributed by atoms with Gasteiger partial charge < -0.3 is 16.4 Å². The molecule has 0 spiro atoms. The number of rotatable bonds is 5. The van der Waals surface area contributed by atoms with Crippen molar-refractivity contribution in [3.8, 4) is 0 Å². The number of hydrogen-bond acceptors (Lipinski definition) is 3. The number of carbonyl (C=O) groups excluding carboxylic acids is 1. The van der Waals surface area contributed by atoms with Crippen LogP contribution in [0.5, 0.6) is 0 Å². The van der Waals surface area contributed by atoms with Crippen LogP contribution in [0.1, 0.15) is 19.4 Å². The zero-order valence-electron chi connectivity index (χ0n) is 10.7. The van der Waals surface area contributed by atoms with Crippen molar-refractivity contribution in [2.45, 2.75) is 20.8 Å². The molecule has 4 N–H and O–H groups in total. The Hall–Kier alpha value is -1.71. The lowest BCUT2D eigenvalue weighted by Gasteiger charge is -2.13. The number of nitrogen functional groups attached to an aromatic ring is 1. The molecule has 1 aromatic carbocycles. The molecule has 1 rings (SSSR count). The number of nitrogens with one attached hydrogen (secondary N) is 2. The van der Waals surface area contributed by atoms with Crippen LogP contribution in [0.2, 0.25) is 0 Å². The van der Waals surface area contributed by atoms with E-state index in [9.17, 15) is 4.79 Å². The lowest BCUT2D eigenvalue weighted by molar-refractivity contribution is -0.119. The first-order chi connectivity index (χ1) is 8.00. The van der Waals surface area contributed by atoms with Gasteiger partial charge in [0.05, 0.1) is 17.9 Å². The summed E-state index contributed by atoms with van der Waals surface area (Å²) in [6.07, 6.45) is 0. The number of para-hydroxylation sites is 1. The van der Waals surface area contributed by atoms with Crippen molar-refractivity contribution in [1.82, 2.24) is 5.32 Å². The van der Waals surface area contributed by atoms with E-state index in [0.29, 0.717) is 18.2 Å². The van der Waals surface area contributed by atoms with Crippen molar-refractivity contribution in [1.29, 1.82) is 0 Å². The van der Waals surface area contributed by atoms with Crippen LogP contribution < -0.4 is 16.4 Å². The van der Waals surface area contributed by atoms with Gasteiger partial charge in [-0.05, 0) is 24.5 Å². The topological polar surface area (TPSA) is 67.1 Å². The molecule has 0 aliphatic carbocycles. The summed E-state index contributed by atoms with van der Waals surface area (Å²) in [5.41, 5.74) is 8.39. The molecule has 4 nitrogen and oxygen atoms in total. The first-order valence-electron chi connectivity index (χ1n) is 5.86. The summed E-state index contributed by atoms with van der Waals surface area (Å²) >= 11 is 0. The Morgan fingerprint density at radius 3 is 2.71 bits per heavy atom. The number of benzene rings is 1. The minimum Gasteiger partial charge on any atom is -0.397 e. The van der Waals surface area contributed by atoms with Crippen LogP contribution in [0.15, 0.2) is 18.2 Å². The van der Waals surface area contributed by atoms with E-state index in [1.165, 1.54) is 0 Å². The van der Waals surface area contributed by atoms with Crippen molar-refractivity contribution >= 4 is 17.3 Å². The number of nitrogens with two attached hydrogens (primary N) is 1. The molecule has 0 heterocycles. The molecule has 94 valence electrons. The monoisotopic (exact) mass is 235 g/mol. The lowest BCUT2D eigenvalue weighted by Crippen LogP contribution is -2.32. The zero-order chi connectivity index (χ0) is 12.8. The fourth-order valence-electron chi connectivity index (χ4n) is 1.48. The summed E-state index contributed by atoms with van der Waals surface area (Å²) < 4.78 is 0. The SMILES string of the molecule is Cc1cccc(N)c1NCC(=O)NCC(C)C. The van der Waals surface area contributed by atoms with Gasteiger partial charge in [0.25, 0.3) is 0 Å². The maximum atomic E-state index is 11.5. The van der Waals surface area contributed by atoms with Crippen LogP contribution >= 0.6 is 0 Å². The van der Waals surface area contributed by atoms with Gasteiger partial charge in [-0.1, -0.05) is 26.0 Å². The molecular formula is C13H21N3O. The number of amides is 1. The van der Waals surface area contributed by atoms with E-state index < -0.39 is 0 Å². The van der Waals surface area contributed by atoms with Crippen LogP contribution in [0.3, 0.4) is 0 Å². The molecule has 1 amide bonds. The van der Waals surface area contributed by atoms with Crippen molar-refractivity contribution in [3.05, 3.63) is 23.8 Å². The van der Waals surface area contributed by atoms with Crippen molar-refractivity contribution < 1.29 is 4.79 Å². The maximum Gasteiger partial charge on any atom is 0.239 e. The minimum absolute atomic E-state index is 0.0126. The summed E-state index contributed by atoms with van der Waals surface area (Å²) in [5, 5.41) is 5.92. The summed E-state index contributed by atoms with van der Waals surface area (Å²) in [6.45, 7) is 7.04. The second-order valence-corrected chi connectivity index (χ2v) is 4.59. The van der Waals surface area contributed by atoms with E-state index >= 15 is 0 Å². The molecule has 1 aromatic rings. The van der Waals surface area contributed by atoms with E-state index in [4.69, 9.17) is 5.73 Å². The third kappa shape index (κ3) is 4.34. The van der Waals surface area contributed by atoms with Crippen molar-refractivity contribution in [2.24, 2.45) is 5.92 Å². The third-order valence-electron chi connectivity index (χ3n) is 2.44. The summed E-state index contributed by atoms with van der Waals surface area (Å²) in [5.74, 6) is 0.448. The minimum atomic E-state index is -0.0126. The summed E-state index contributed by atoms with van der Waals surface area (Å²) in [6, 6.07) is 5.68. The van der Waals surface area contributed by atoms with Gasteiger partial charge in [0.15, 0.2) is 0 Å². The van der Waals surface area contributed by atoms with Crippen molar-refractivity contribution in [3.63, 3.8) is 0 Å². The van der Waals surface area contributed by atoms with Gasteiger partial charge >= 0.3 is 0 Å². The molecule has 0 aliphatic rings. The fraction of sp³-hybridized carbons (Fsp3) is 0.462. The largest absolute Gasteiger partial charge is 0.397 e. The normalized spacial score (nSPS) is 10.4. The van der Waals surface area contributed by atoms with E-state index in [-0.39, 0.29) is 12.5 Å². The first kappa shape index (κ1) is 13.4. The molecule has 0 saturated heterocycles. The fourth-order valence-corrected chi connectivity index (χ4v) is 1.48. The molecule has 4 heteroatoms. The molecule has 0 saturated carbocycles. The highest BCUT2D eigenvalue weighted by molar-refractivity contribution is 5.82. The number of hydrogen-bond donors (Lipinski definition) is 3. The second kappa shape index (κ2) is 6.13. The van der Waals surface area contributed by atoms with Gasteiger partial charge in [0, 0.05) is 6.54 Å². The van der Waals surface area contributed by atoms with Gasteiger partial charge in [0.2, 0.25) is 5.91 Å². The lowest BCUT2D eigenvalue weighted by atomic mass is 10.1. The Labute approximate surface area is 103 Å². The van der Waals surface area contributed by atoms with Gasteiger partial charge in [-0.2, -0.15) is 0 Å². The average Bonchev–Trinajstić information content (AvgIpc) is 2.25. The number of anilines is 2. The zero-order valence-corrected chi connectivity index (χ0v) is 10.7. The van der Waals surface area contributed by atoms with Crippen LogP contribution in [0.4, 0.5) is 11.4 Å².